The van der Waals surface area contributed by atoms with Crippen molar-refractivity contribution in [2.24, 2.45) is 11.8 Å². The molecule has 7 rings (SSSR count). The van der Waals surface area contributed by atoms with E-state index >= 15 is 0 Å². The number of carbonyl (C=O) groups is 1. The van der Waals surface area contributed by atoms with Gasteiger partial charge in [0.1, 0.15) is 16.1 Å². The number of ether oxygens (including phenoxy) is 2. The first-order chi connectivity index (χ1) is 19.7. The number of nitrogens with zero attached hydrogens (tertiary/aromatic N) is 7. The zero-order chi connectivity index (χ0) is 28.6. The fraction of sp³-hybridized carbons (Fsp3) is 0.786. The lowest BCUT2D eigenvalue weighted by atomic mass is 10.0. The summed E-state index contributed by atoms with van der Waals surface area (Å²) >= 11 is 7.80. The summed E-state index contributed by atoms with van der Waals surface area (Å²) in [6.45, 7) is 17.9. The minimum Gasteiger partial charge on any atom is -0.444 e. The lowest BCUT2D eigenvalue weighted by Crippen LogP contribution is -2.47. The standard InChI is InChI=1S/C21H29ClN6O3S.C7H14N2/c1-21(2,3)31-20(29)28-10-13-8-26(9-14(13)11-28)12-15-23-16-17(27-4-6-30-7-5-27)24-19(22)25-18(16)32-15;1-2-7-6-8-3-5-9(7)4-1/h13-14H,4-12H2,1-3H3;7-8H,1-6H2/t;7-/m.0/s1. The molecule has 2 aromatic rings. The molecule has 3 atom stereocenters. The van der Waals surface area contributed by atoms with Crippen LogP contribution in [-0.4, -0.2) is 126 Å². The lowest BCUT2D eigenvalue weighted by molar-refractivity contribution is 0.0274. The third-order valence-corrected chi connectivity index (χ3v) is 9.70. The molecular formula is C28H43ClN8O3S. The number of morpholine rings is 1. The SMILES string of the molecule is C1C[C@H]2CNCCN2C1.CC(C)(C)OC(=O)N1CC2CN(Cc3nc4c(N5CCOCC5)nc(Cl)nc4s3)CC2C1. The maximum Gasteiger partial charge on any atom is 0.410 e. The van der Waals surface area contributed by atoms with Crippen LogP contribution in [-0.2, 0) is 16.0 Å². The molecule has 0 saturated carbocycles. The maximum absolute atomic E-state index is 12.4. The molecule has 0 bridgehead atoms. The molecule has 0 radical (unpaired) electrons. The Kier molecular flexibility index (Phi) is 8.86. The average Bonchev–Trinajstić information content (AvgIpc) is 3.71. The van der Waals surface area contributed by atoms with Gasteiger partial charge in [0.2, 0.25) is 5.28 Å². The molecule has 226 valence electrons. The van der Waals surface area contributed by atoms with E-state index in [1.807, 2.05) is 25.7 Å². The first-order valence-electron chi connectivity index (χ1n) is 15.0. The Morgan fingerprint density at radius 3 is 2.54 bits per heavy atom. The van der Waals surface area contributed by atoms with Crippen molar-refractivity contribution in [1.29, 1.82) is 0 Å². The fourth-order valence-corrected chi connectivity index (χ4v) is 7.87. The highest BCUT2D eigenvalue weighted by atomic mass is 35.5. The molecular weight excluding hydrogens is 564 g/mol. The third kappa shape index (κ3) is 7.05. The molecule has 7 heterocycles. The third-order valence-electron chi connectivity index (χ3n) is 8.60. The van der Waals surface area contributed by atoms with E-state index in [0.29, 0.717) is 25.0 Å². The molecule has 0 aromatic carbocycles. The zero-order valence-electron chi connectivity index (χ0n) is 24.5. The van der Waals surface area contributed by atoms with Crippen molar-refractivity contribution >= 4 is 45.2 Å². The van der Waals surface area contributed by atoms with Crippen LogP contribution in [0.4, 0.5) is 10.6 Å². The van der Waals surface area contributed by atoms with Crippen LogP contribution in [0.25, 0.3) is 10.3 Å². The summed E-state index contributed by atoms with van der Waals surface area (Å²) in [5, 5.41) is 4.69. The Bertz CT molecular complexity index is 1190. The van der Waals surface area contributed by atoms with E-state index in [4.69, 9.17) is 26.1 Å². The van der Waals surface area contributed by atoms with Gasteiger partial charge < -0.3 is 24.6 Å². The van der Waals surface area contributed by atoms with Gasteiger partial charge in [-0.25, -0.2) is 14.8 Å². The number of fused-ring (bicyclic) bond motifs is 3. The number of anilines is 1. The average molecular weight is 607 g/mol. The molecule has 11 nitrogen and oxygen atoms in total. The first kappa shape index (κ1) is 29.3. The van der Waals surface area contributed by atoms with Gasteiger partial charge in [0.25, 0.3) is 0 Å². The summed E-state index contributed by atoms with van der Waals surface area (Å²) in [6, 6.07) is 0.888. The van der Waals surface area contributed by atoms with E-state index in [2.05, 4.69) is 30.0 Å². The fourth-order valence-electron chi connectivity index (χ4n) is 6.69. The topological polar surface area (TPSA) is 99.2 Å². The molecule has 13 heteroatoms. The number of hydrogen-bond donors (Lipinski definition) is 1. The quantitative estimate of drug-likeness (QED) is 0.525. The van der Waals surface area contributed by atoms with Crippen LogP contribution >= 0.6 is 22.9 Å². The molecule has 0 spiro atoms. The molecule has 1 amide bonds. The second-order valence-corrected chi connectivity index (χ2v) is 14.2. The van der Waals surface area contributed by atoms with Crippen molar-refractivity contribution in [1.82, 2.24) is 35.0 Å². The monoisotopic (exact) mass is 606 g/mol. The summed E-state index contributed by atoms with van der Waals surface area (Å²) in [5.74, 6) is 1.77. The summed E-state index contributed by atoms with van der Waals surface area (Å²) in [6.07, 6.45) is 2.65. The second kappa shape index (κ2) is 12.4. The maximum atomic E-state index is 12.4. The van der Waals surface area contributed by atoms with E-state index in [1.165, 1.54) is 39.0 Å². The van der Waals surface area contributed by atoms with Crippen molar-refractivity contribution in [3.63, 3.8) is 0 Å². The predicted molar refractivity (Wildman–Crippen MR) is 161 cm³/mol. The van der Waals surface area contributed by atoms with Gasteiger partial charge >= 0.3 is 6.09 Å². The Balaban J connectivity index is 0.000000283. The van der Waals surface area contributed by atoms with Gasteiger partial charge in [0.05, 0.1) is 19.8 Å². The van der Waals surface area contributed by atoms with Crippen LogP contribution in [0.15, 0.2) is 0 Å². The summed E-state index contributed by atoms with van der Waals surface area (Å²) in [4.78, 5) is 36.1. The highest BCUT2D eigenvalue weighted by Crippen LogP contribution is 2.35. The number of aromatic nitrogens is 3. The van der Waals surface area contributed by atoms with Crippen LogP contribution < -0.4 is 10.2 Å². The van der Waals surface area contributed by atoms with Crippen molar-refractivity contribution in [3.05, 3.63) is 10.3 Å². The van der Waals surface area contributed by atoms with E-state index in [-0.39, 0.29) is 11.4 Å². The number of likely N-dealkylation sites (tertiary alicyclic amines) is 2. The molecule has 5 fully saturated rings. The van der Waals surface area contributed by atoms with Crippen molar-refractivity contribution in [2.75, 3.05) is 83.6 Å². The van der Waals surface area contributed by atoms with Crippen molar-refractivity contribution in [3.8, 4) is 0 Å². The summed E-state index contributed by atoms with van der Waals surface area (Å²) in [7, 11) is 0. The van der Waals surface area contributed by atoms with Gasteiger partial charge in [0, 0.05) is 64.9 Å². The van der Waals surface area contributed by atoms with Crippen LogP contribution in [0.2, 0.25) is 5.28 Å². The van der Waals surface area contributed by atoms with Crippen LogP contribution in [0.5, 0.6) is 0 Å². The molecule has 1 N–H and O–H groups in total. The molecule has 5 aliphatic heterocycles. The van der Waals surface area contributed by atoms with E-state index in [0.717, 1.165) is 73.0 Å². The highest BCUT2D eigenvalue weighted by Gasteiger charge is 2.42. The smallest absolute Gasteiger partial charge is 0.410 e. The van der Waals surface area contributed by atoms with Gasteiger partial charge in [-0.1, -0.05) is 11.3 Å². The Morgan fingerprint density at radius 1 is 1.07 bits per heavy atom. The zero-order valence-corrected chi connectivity index (χ0v) is 26.1. The summed E-state index contributed by atoms with van der Waals surface area (Å²) < 4.78 is 11.0. The number of rotatable bonds is 3. The highest BCUT2D eigenvalue weighted by molar-refractivity contribution is 7.18. The minimum absolute atomic E-state index is 0.198. The number of amides is 1. The van der Waals surface area contributed by atoms with Gasteiger partial charge in [0.15, 0.2) is 10.6 Å². The lowest BCUT2D eigenvalue weighted by Gasteiger charge is -2.29. The minimum atomic E-state index is -0.459. The van der Waals surface area contributed by atoms with Crippen LogP contribution in [0.3, 0.4) is 0 Å². The Morgan fingerprint density at radius 2 is 1.83 bits per heavy atom. The first-order valence-corrected chi connectivity index (χ1v) is 16.2. The number of halogens is 1. The van der Waals surface area contributed by atoms with Crippen LogP contribution in [0.1, 0.15) is 38.6 Å². The van der Waals surface area contributed by atoms with Crippen molar-refractivity contribution < 1.29 is 14.3 Å². The van der Waals surface area contributed by atoms with Crippen LogP contribution in [0, 0.1) is 11.8 Å². The Labute approximate surface area is 251 Å². The molecule has 0 aliphatic carbocycles. The number of nitrogens with one attached hydrogen (secondary N) is 1. The number of carbonyl (C=O) groups excluding carboxylic acids is 1. The predicted octanol–water partition coefficient (Wildman–Crippen LogP) is 2.93. The Hall–Kier alpha value is -1.83. The number of thiazole rings is 1. The molecule has 5 saturated heterocycles. The molecule has 2 unspecified atom stereocenters. The number of hydrogen-bond acceptors (Lipinski definition) is 11. The van der Waals surface area contributed by atoms with E-state index < -0.39 is 5.60 Å². The largest absolute Gasteiger partial charge is 0.444 e. The van der Waals surface area contributed by atoms with Crippen molar-refractivity contribution in [2.45, 2.75) is 51.8 Å². The van der Waals surface area contributed by atoms with Gasteiger partial charge in [-0.05, 0) is 63.6 Å². The number of piperazine rings is 1. The van der Waals surface area contributed by atoms with E-state index in [1.54, 1.807) is 11.3 Å². The molecule has 41 heavy (non-hydrogen) atoms. The summed E-state index contributed by atoms with van der Waals surface area (Å²) in [5.41, 5.74) is 0.367. The van der Waals surface area contributed by atoms with E-state index in [9.17, 15) is 4.79 Å². The van der Waals surface area contributed by atoms with Gasteiger partial charge in [-0.15, -0.1) is 0 Å². The molecule has 2 aromatic heterocycles. The van der Waals surface area contributed by atoms with Gasteiger partial charge in [-0.2, -0.15) is 4.98 Å². The second-order valence-electron chi connectivity index (χ2n) is 12.8. The normalized spacial score (nSPS) is 27.1. The molecule has 5 aliphatic rings. The van der Waals surface area contributed by atoms with Gasteiger partial charge in [-0.3, -0.25) is 9.80 Å².